The van der Waals surface area contributed by atoms with Gasteiger partial charge in [0.2, 0.25) is 0 Å². The summed E-state index contributed by atoms with van der Waals surface area (Å²) in [5.74, 6) is 0. The molecule has 14 aromatic rings. The standard InChI is InChI=1S/C75H48N2O/c1-47-21-19-35-65-70(47)71-66(75(65)62-33-16-11-28-53(62)54-29-12-17-34-63(54)75)36-20-37-67(71)76(51-40-44-64-60(45-51)55-30-13-15-32-61(55)74(64,48-22-5-2-6-23-48)49-24-7-3-8-25-49)52-39-41-56-58-42-43-59-57-31-14-18-38-69(57)78-73(59)72(58)77(68(56)46-52)50-26-9-4-10-27-50/h2-46H,1H3. The van der Waals surface area contributed by atoms with E-state index >= 15 is 0 Å². The number of aryl methyl sites for hydroxylation is 1. The molecule has 2 heterocycles. The van der Waals surface area contributed by atoms with Crippen LogP contribution in [-0.4, -0.2) is 4.57 Å². The molecule has 0 radical (unpaired) electrons. The van der Waals surface area contributed by atoms with Gasteiger partial charge in [-0.25, -0.2) is 0 Å². The molecule has 0 saturated carbocycles. The van der Waals surface area contributed by atoms with Gasteiger partial charge in [-0.1, -0.05) is 218 Å². The van der Waals surface area contributed by atoms with E-state index in [4.69, 9.17) is 4.42 Å². The Morgan fingerprint density at radius 2 is 0.872 bits per heavy atom. The molecule has 17 rings (SSSR count). The zero-order valence-electron chi connectivity index (χ0n) is 42.8. The van der Waals surface area contributed by atoms with Crippen molar-refractivity contribution in [3.63, 3.8) is 0 Å². The van der Waals surface area contributed by atoms with Crippen LogP contribution in [0.5, 0.6) is 0 Å². The Morgan fingerprint density at radius 3 is 1.58 bits per heavy atom. The van der Waals surface area contributed by atoms with Crippen molar-refractivity contribution in [3.8, 4) is 39.1 Å². The maximum absolute atomic E-state index is 6.89. The van der Waals surface area contributed by atoms with Crippen molar-refractivity contribution in [2.45, 2.75) is 17.8 Å². The number of anilines is 3. The molecule has 0 atom stereocenters. The summed E-state index contributed by atoms with van der Waals surface area (Å²) in [5, 5.41) is 4.54. The average Bonchev–Trinajstić information content (AvgIpc) is 3.22. The summed E-state index contributed by atoms with van der Waals surface area (Å²) in [6.07, 6.45) is 0. The molecular weight excluding hydrogens is 945 g/mol. The van der Waals surface area contributed by atoms with Crippen LogP contribution in [0.2, 0.25) is 0 Å². The third-order valence-corrected chi connectivity index (χ3v) is 17.8. The lowest BCUT2D eigenvalue weighted by atomic mass is 9.68. The van der Waals surface area contributed by atoms with Gasteiger partial charge in [0, 0.05) is 44.2 Å². The lowest BCUT2D eigenvalue weighted by Crippen LogP contribution is -2.28. The number of aromatic nitrogens is 1. The Labute approximate surface area is 452 Å². The van der Waals surface area contributed by atoms with E-state index in [1.54, 1.807) is 0 Å². The highest BCUT2D eigenvalue weighted by molar-refractivity contribution is 6.22. The first-order chi connectivity index (χ1) is 38.6. The van der Waals surface area contributed by atoms with Crippen molar-refractivity contribution in [2.24, 2.45) is 0 Å². The first kappa shape index (κ1) is 43.3. The zero-order chi connectivity index (χ0) is 51.3. The van der Waals surface area contributed by atoms with Crippen LogP contribution in [0.25, 0.3) is 82.8 Å². The van der Waals surface area contributed by atoms with E-state index in [2.05, 4.69) is 289 Å². The van der Waals surface area contributed by atoms with Crippen LogP contribution < -0.4 is 4.90 Å². The molecule has 0 amide bonds. The van der Waals surface area contributed by atoms with Gasteiger partial charge in [0.15, 0.2) is 5.58 Å². The minimum Gasteiger partial charge on any atom is -0.454 e. The highest BCUT2D eigenvalue weighted by atomic mass is 16.3. The van der Waals surface area contributed by atoms with Crippen LogP contribution in [0, 0.1) is 6.92 Å². The van der Waals surface area contributed by atoms with E-state index in [1.807, 2.05) is 0 Å². The van der Waals surface area contributed by atoms with Crippen LogP contribution in [0.1, 0.15) is 50.1 Å². The Balaban J connectivity index is 0.988. The van der Waals surface area contributed by atoms with Crippen molar-refractivity contribution in [3.05, 3.63) is 323 Å². The topological polar surface area (TPSA) is 21.3 Å². The molecule has 1 spiro atoms. The molecule has 0 saturated heterocycles. The lowest BCUT2D eigenvalue weighted by molar-refractivity contribution is 0.671. The van der Waals surface area contributed by atoms with Gasteiger partial charge in [-0.3, -0.25) is 0 Å². The molecule has 78 heavy (non-hydrogen) atoms. The smallest absolute Gasteiger partial charge is 0.160 e. The van der Waals surface area contributed by atoms with Gasteiger partial charge in [-0.2, -0.15) is 0 Å². The van der Waals surface area contributed by atoms with E-state index in [1.165, 1.54) is 83.5 Å². The number of furan rings is 1. The molecule has 0 bridgehead atoms. The van der Waals surface area contributed by atoms with Crippen molar-refractivity contribution < 1.29 is 4.42 Å². The molecule has 0 aliphatic heterocycles. The number of hydrogen-bond acceptors (Lipinski definition) is 2. The van der Waals surface area contributed by atoms with Crippen molar-refractivity contribution in [2.75, 3.05) is 4.90 Å². The van der Waals surface area contributed by atoms with Crippen molar-refractivity contribution in [1.29, 1.82) is 0 Å². The summed E-state index contributed by atoms with van der Waals surface area (Å²) in [6.45, 7) is 2.30. The minimum absolute atomic E-state index is 0.519. The summed E-state index contributed by atoms with van der Waals surface area (Å²) in [5.41, 5.74) is 26.5. The maximum Gasteiger partial charge on any atom is 0.160 e. The Kier molecular flexibility index (Phi) is 8.90. The summed E-state index contributed by atoms with van der Waals surface area (Å²) >= 11 is 0. The van der Waals surface area contributed by atoms with E-state index in [9.17, 15) is 0 Å². The normalized spacial score (nSPS) is 13.9. The van der Waals surface area contributed by atoms with Crippen LogP contribution in [0.15, 0.2) is 277 Å². The lowest BCUT2D eigenvalue weighted by Gasteiger charge is -2.34. The molecule has 3 aliphatic rings. The van der Waals surface area contributed by atoms with E-state index in [0.29, 0.717) is 0 Å². The predicted octanol–water partition coefficient (Wildman–Crippen LogP) is 19.2. The quantitative estimate of drug-likeness (QED) is 0.166. The predicted molar refractivity (Wildman–Crippen MR) is 321 cm³/mol. The Hall–Kier alpha value is -9.96. The number of hydrogen-bond donors (Lipinski definition) is 0. The van der Waals surface area contributed by atoms with Gasteiger partial charge >= 0.3 is 0 Å². The second kappa shape index (κ2) is 16.0. The van der Waals surface area contributed by atoms with E-state index in [-0.39, 0.29) is 0 Å². The molecule has 3 heteroatoms. The summed E-state index contributed by atoms with van der Waals surface area (Å²) < 4.78 is 9.32. The van der Waals surface area contributed by atoms with Gasteiger partial charge in [0.05, 0.1) is 27.6 Å². The molecular formula is C75H48N2O. The molecule has 364 valence electrons. The Bertz CT molecular complexity index is 4730. The van der Waals surface area contributed by atoms with Gasteiger partial charge in [0.1, 0.15) is 5.58 Å². The molecule has 12 aromatic carbocycles. The molecule has 3 nitrogen and oxygen atoms in total. The second-order valence-corrected chi connectivity index (χ2v) is 21.4. The fourth-order valence-corrected chi connectivity index (χ4v) is 14.8. The monoisotopic (exact) mass is 992 g/mol. The number of nitrogens with zero attached hydrogens (tertiary/aromatic N) is 2. The molecule has 0 N–H and O–H groups in total. The maximum atomic E-state index is 6.89. The summed E-state index contributed by atoms with van der Waals surface area (Å²) in [7, 11) is 0. The second-order valence-electron chi connectivity index (χ2n) is 21.4. The summed E-state index contributed by atoms with van der Waals surface area (Å²) in [6, 6.07) is 102. The van der Waals surface area contributed by atoms with Crippen LogP contribution in [0.4, 0.5) is 17.1 Å². The zero-order valence-corrected chi connectivity index (χ0v) is 42.8. The van der Waals surface area contributed by atoms with Gasteiger partial charge in [-0.05, 0) is 139 Å². The minimum atomic E-state index is -0.533. The fraction of sp³-hybridized carbons (Fsp3) is 0.0400. The molecule has 0 fully saturated rings. The fourth-order valence-electron chi connectivity index (χ4n) is 14.8. The average molecular weight is 993 g/mol. The first-order valence-electron chi connectivity index (χ1n) is 27.2. The number of para-hydroxylation sites is 2. The first-order valence-corrected chi connectivity index (χ1v) is 27.2. The van der Waals surface area contributed by atoms with Crippen LogP contribution >= 0.6 is 0 Å². The molecule has 2 aromatic heterocycles. The summed E-state index contributed by atoms with van der Waals surface area (Å²) in [4.78, 5) is 2.57. The highest BCUT2D eigenvalue weighted by Gasteiger charge is 2.53. The SMILES string of the molecule is Cc1cccc2c1-c1c(N(c3ccc4c(c3)-c3ccccc3C4(c3ccccc3)c3ccccc3)c3ccc4c5ccc6c7ccccc7oc6c5n(-c5ccccc5)c4c3)cccc1C21c2ccccc2-c2ccccc21. The van der Waals surface area contributed by atoms with Gasteiger partial charge < -0.3 is 13.9 Å². The number of rotatable bonds is 6. The van der Waals surface area contributed by atoms with Crippen molar-refractivity contribution in [1.82, 2.24) is 4.57 Å². The van der Waals surface area contributed by atoms with Crippen LogP contribution in [-0.2, 0) is 10.8 Å². The van der Waals surface area contributed by atoms with E-state index < -0.39 is 10.8 Å². The van der Waals surface area contributed by atoms with Crippen molar-refractivity contribution >= 4 is 60.8 Å². The van der Waals surface area contributed by atoms with Crippen LogP contribution in [0.3, 0.4) is 0 Å². The van der Waals surface area contributed by atoms with E-state index in [0.717, 1.165) is 66.5 Å². The third-order valence-electron chi connectivity index (χ3n) is 17.8. The molecule has 0 unspecified atom stereocenters. The number of benzene rings is 12. The highest BCUT2D eigenvalue weighted by Crippen LogP contribution is 2.66. The third kappa shape index (κ3) is 5.52. The Morgan fingerprint density at radius 1 is 0.359 bits per heavy atom. The number of fused-ring (bicyclic) bond motifs is 20. The van der Waals surface area contributed by atoms with Gasteiger partial charge in [0.25, 0.3) is 0 Å². The largest absolute Gasteiger partial charge is 0.454 e. The molecule has 3 aliphatic carbocycles. The van der Waals surface area contributed by atoms with Gasteiger partial charge in [-0.15, -0.1) is 0 Å².